The molecule has 0 unspecified atom stereocenters. The highest BCUT2D eigenvalue weighted by atomic mass is 14.4. The minimum atomic E-state index is -0.0111. The minimum Gasteiger partial charge on any atom is -0.101 e. The van der Waals surface area contributed by atoms with Crippen molar-refractivity contribution in [2.75, 3.05) is 0 Å². The van der Waals surface area contributed by atoms with Crippen LogP contribution in [0.3, 0.4) is 0 Å². The van der Waals surface area contributed by atoms with Gasteiger partial charge in [-0.05, 0) is 110 Å². The van der Waals surface area contributed by atoms with E-state index in [0.717, 1.165) is 5.56 Å². The van der Waals surface area contributed by atoms with Crippen LogP contribution in [0.1, 0.15) is 83.3 Å². The van der Waals surface area contributed by atoms with Crippen LogP contribution in [0.5, 0.6) is 0 Å². The Morgan fingerprint density at radius 3 is 1.51 bits per heavy atom. The number of hydrogen-bond donors (Lipinski definition) is 0. The summed E-state index contributed by atoms with van der Waals surface area (Å²) in [4.78, 5) is 0. The molecule has 0 heteroatoms. The molecule has 0 N–H and O–H groups in total. The Kier molecular flexibility index (Phi) is 8.57. The highest BCUT2D eigenvalue weighted by Crippen LogP contribution is 2.50. The molecule has 0 atom stereocenters. The fraction of sp³-hybridized carbons (Fsp3) is 0.209. The van der Waals surface area contributed by atoms with Crippen molar-refractivity contribution in [3.8, 4) is 23.0 Å². The molecule has 43 heavy (non-hydrogen) atoms. The van der Waals surface area contributed by atoms with Gasteiger partial charge < -0.3 is 0 Å². The molecule has 0 radical (unpaired) electrons. The molecule has 5 aromatic carbocycles. The molecule has 0 aromatic heterocycles. The van der Waals surface area contributed by atoms with Gasteiger partial charge >= 0.3 is 0 Å². The van der Waals surface area contributed by atoms with Gasteiger partial charge in [-0.3, -0.25) is 0 Å². The first-order chi connectivity index (χ1) is 20.6. The van der Waals surface area contributed by atoms with E-state index in [1.54, 1.807) is 0 Å². The Bertz CT molecular complexity index is 1850. The average molecular weight is 559 g/mol. The van der Waals surface area contributed by atoms with Gasteiger partial charge in [-0.1, -0.05) is 133 Å². The third-order valence-electron chi connectivity index (χ3n) is 8.64. The first kappa shape index (κ1) is 29.9. The fourth-order valence-electron chi connectivity index (χ4n) is 6.06. The topological polar surface area (TPSA) is 0 Å². The van der Waals surface area contributed by atoms with E-state index >= 15 is 0 Å². The van der Waals surface area contributed by atoms with E-state index in [1.165, 1.54) is 72.3 Å². The second kappa shape index (κ2) is 12.3. The first-order valence-corrected chi connectivity index (χ1v) is 15.2. The molecule has 0 amide bonds. The van der Waals surface area contributed by atoms with Gasteiger partial charge in [0.2, 0.25) is 0 Å². The molecular weight excluding hydrogens is 516 g/mol. The van der Waals surface area contributed by atoms with Crippen LogP contribution in [0, 0.1) is 39.5 Å². The Morgan fingerprint density at radius 1 is 0.512 bits per heavy atom. The summed E-state index contributed by atoms with van der Waals surface area (Å²) in [6.45, 7) is 17.4. The summed E-state index contributed by atoms with van der Waals surface area (Å²) in [7, 11) is 0. The molecule has 0 bridgehead atoms. The molecule has 1 aliphatic carbocycles. The molecule has 6 rings (SSSR count). The second-order valence-electron chi connectivity index (χ2n) is 12.4. The fourth-order valence-corrected chi connectivity index (χ4v) is 6.06. The van der Waals surface area contributed by atoms with E-state index in [0.29, 0.717) is 0 Å². The van der Waals surface area contributed by atoms with Crippen LogP contribution in [-0.2, 0) is 5.41 Å². The minimum absolute atomic E-state index is 0.0111. The number of fused-ring (bicyclic) bond motifs is 3. The molecule has 1 aliphatic rings. The summed E-state index contributed by atoms with van der Waals surface area (Å²) in [6.07, 6.45) is 0. The van der Waals surface area contributed by atoms with E-state index in [1.807, 2.05) is 19.1 Å². The quantitative estimate of drug-likeness (QED) is 0.153. The summed E-state index contributed by atoms with van der Waals surface area (Å²) in [5.74, 6) is 5.84. The van der Waals surface area contributed by atoms with Crippen LogP contribution < -0.4 is 0 Å². The van der Waals surface area contributed by atoms with E-state index in [4.69, 9.17) is 0 Å². The lowest BCUT2D eigenvalue weighted by Crippen LogP contribution is -2.15. The summed E-state index contributed by atoms with van der Waals surface area (Å²) in [6, 6.07) is 40.1. The molecule has 0 spiro atoms. The maximum Gasteiger partial charge on any atom is 0.0245 e. The van der Waals surface area contributed by atoms with Gasteiger partial charge in [-0.25, -0.2) is 0 Å². The Hall–Kier alpha value is -4.60. The van der Waals surface area contributed by atoms with Gasteiger partial charge in [0.25, 0.3) is 0 Å². The molecular formula is C43H42. The molecule has 0 aliphatic heterocycles. The number of aryl methyl sites for hydroxylation is 4. The van der Waals surface area contributed by atoms with Crippen LogP contribution in [0.15, 0.2) is 109 Å². The van der Waals surface area contributed by atoms with Gasteiger partial charge in [0.15, 0.2) is 0 Å². The molecule has 0 heterocycles. The van der Waals surface area contributed by atoms with Gasteiger partial charge in [-0.15, -0.1) is 5.92 Å². The molecule has 214 valence electrons. The molecule has 0 nitrogen and oxygen atoms in total. The third-order valence-corrected chi connectivity index (χ3v) is 8.64. The highest BCUT2D eigenvalue weighted by molar-refractivity contribution is 5.99. The summed E-state index contributed by atoms with van der Waals surface area (Å²) >= 11 is 0. The largest absolute Gasteiger partial charge is 0.101 e. The Balaban J connectivity index is 0.000000314. The van der Waals surface area contributed by atoms with Crippen molar-refractivity contribution in [2.24, 2.45) is 0 Å². The summed E-state index contributed by atoms with van der Waals surface area (Å²) in [5, 5.41) is 0. The van der Waals surface area contributed by atoms with E-state index in [2.05, 4.69) is 157 Å². The zero-order valence-electron chi connectivity index (χ0n) is 26.9. The van der Waals surface area contributed by atoms with Crippen molar-refractivity contribution >= 4 is 11.1 Å². The molecule has 0 saturated carbocycles. The monoisotopic (exact) mass is 558 g/mol. The Morgan fingerprint density at radius 2 is 0.953 bits per heavy atom. The predicted octanol–water partition coefficient (Wildman–Crippen LogP) is 11.3. The lowest BCUT2D eigenvalue weighted by Gasteiger charge is -2.23. The number of allylic oxidation sites excluding steroid dienone is 1. The van der Waals surface area contributed by atoms with Crippen molar-refractivity contribution < 1.29 is 0 Å². The van der Waals surface area contributed by atoms with Gasteiger partial charge in [0.1, 0.15) is 0 Å². The van der Waals surface area contributed by atoms with Crippen molar-refractivity contribution in [1.82, 2.24) is 0 Å². The zero-order chi connectivity index (χ0) is 30.7. The van der Waals surface area contributed by atoms with Crippen LogP contribution in [-0.4, -0.2) is 0 Å². The maximum atomic E-state index is 2.98. The van der Waals surface area contributed by atoms with Crippen molar-refractivity contribution in [2.45, 2.75) is 60.8 Å². The number of hydrogen-bond acceptors (Lipinski definition) is 0. The molecule has 0 fully saturated rings. The number of rotatable bonds is 3. The lowest BCUT2D eigenvalue weighted by molar-refractivity contribution is 0.659. The molecule has 5 aromatic rings. The summed E-state index contributed by atoms with van der Waals surface area (Å²) in [5.41, 5.74) is 18.3. The summed E-state index contributed by atoms with van der Waals surface area (Å²) < 4.78 is 0. The van der Waals surface area contributed by atoms with Crippen LogP contribution in [0.4, 0.5) is 0 Å². The molecule has 0 saturated heterocycles. The smallest absolute Gasteiger partial charge is 0.0245 e. The maximum absolute atomic E-state index is 2.98. The number of benzene rings is 5. The van der Waals surface area contributed by atoms with Gasteiger partial charge in [0, 0.05) is 11.0 Å². The lowest BCUT2D eigenvalue weighted by atomic mass is 9.80. The zero-order valence-corrected chi connectivity index (χ0v) is 26.9. The third kappa shape index (κ3) is 6.28. The van der Waals surface area contributed by atoms with Crippen LogP contribution in [0.25, 0.3) is 22.3 Å². The first-order valence-electron chi connectivity index (χ1n) is 15.2. The Labute approximate surface area is 259 Å². The van der Waals surface area contributed by atoms with Crippen molar-refractivity contribution in [3.05, 3.63) is 165 Å². The van der Waals surface area contributed by atoms with Gasteiger partial charge in [-0.2, -0.15) is 0 Å². The normalized spacial score (nSPS) is 13.0. The average Bonchev–Trinajstić information content (AvgIpc) is 3.21. The van der Waals surface area contributed by atoms with Gasteiger partial charge in [0.05, 0.1) is 0 Å². The van der Waals surface area contributed by atoms with Crippen LogP contribution >= 0.6 is 0 Å². The highest BCUT2D eigenvalue weighted by Gasteiger charge is 2.35. The van der Waals surface area contributed by atoms with E-state index in [9.17, 15) is 0 Å². The second-order valence-corrected chi connectivity index (χ2v) is 12.4. The predicted molar refractivity (Wildman–Crippen MR) is 186 cm³/mol. The van der Waals surface area contributed by atoms with Crippen LogP contribution in [0.2, 0.25) is 0 Å². The van der Waals surface area contributed by atoms with Crippen molar-refractivity contribution in [1.29, 1.82) is 0 Å². The van der Waals surface area contributed by atoms with E-state index < -0.39 is 0 Å². The standard InChI is InChI=1S/C33H32.C10H10/c1-21-7-12-25(13-8-21)24(4)32(26-14-9-22(2)10-15-26)27-16-18-29-28-17-11-23(3)19-30(28)33(5,6)31(29)20-27;1-3-4-10-7-5-9(2)6-8-10/h7-20H,1-6H3;5-8H,1-2H3/b32-24-;. The van der Waals surface area contributed by atoms with E-state index in [-0.39, 0.29) is 5.41 Å². The van der Waals surface area contributed by atoms with Crippen molar-refractivity contribution in [3.63, 3.8) is 0 Å². The SMILES string of the molecule is C/C(=C(\c1ccc(C)cc1)c1ccc2c(c1)C(C)(C)c1cc(C)ccc1-2)c1ccc(C)cc1.CC#Cc1ccc(C)cc1.